The molecule has 90 valence electrons. The summed E-state index contributed by atoms with van der Waals surface area (Å²) in [7, 11) is 0. The highest BCUT2D eigenvalue weighted by Crippen LogP contribution is 2.06. The van der Waals surface area contributed by atoms with E-state index in [-0.39, 0.29) is 6.10 Å². The lowest BCUT2D eigenvalue weighted by atomic mass is 10.4. The predicted octanol–water partition coefficient (Wildman–Crippen LogP) is 1.75. The van der Waals surface area contributed by atoms with Crippen molar-refractivity contribution in [3.8, 4) is 0 Å². The molecule has 5 nitrogen and oxygen atoms in total. The molecule has 0 saturated carbocycles. The summed E-state index contributed by atoms with van der Waals surface area (Å²) < 4.78 is 5.41. The predicted molar refractivity (Wildman–Crippen MR) is 65.8 cm³/mol. The van der Waals surface area contributed by atoms with Crippen molar-refractivity contribution in [2.24, 2.45) is 0 Å². The summed E-state index contributed by atoms with van der Waals surface area (Å²) in [5.41, 5.74) is 0. The van der Waals surface area contributed by atoms with Crippen molar-refractivity contribution in [1.29, 1.82) is 0 Å². The fraction of sp³-hybridized carbons (Fsp3) is 0.636. The topological polar surface area (TPSA) is 59.1 Å². The minimum absolute atomic E-state index is 0.176. The van der Waals surface area contributed by atoms with Crippen LogP contribution in [0.5, 0.6) is 0 Å². The number of anilines is 2. The number of nitrogens with zero attached hydrogens (tertiary/aromatic N) is 2. The molecule has 0 aliphatic carbocycles. The monoisotopic (exact) mass is 224 g/mol. The normalized spacial score (nSPS) is 12.2. The van der Waals surface area contributed by atoms with Gasteiger partial charge in [0.15, 0.2) is 0 Å². The highest BCUT2D eigenvalue weighted by molar-refractivity contribution is 5.41. The zero-order valence-corrected chi connectivity index (χ0v) is 10.2. The van der Waals surface area contributed by atoms with Crippen LogP contribution in [0.3, 0.4) is 0 Å². The Labute approximate surface area is 96.6 Å². The zero-order chi connectivity index (χ0) is 11.8. The van der Waals surface area contributed by atoms with Crippen LogP contribution in [0, 0.1) is 0 Å². The summed E-state index contributed by atoms with van der Waals surface area (Å²) in [6.07, 6.45) is 3.59. The lowest BCUT2D eigenvalue weighted by Crippen LogP contribution is -2.20. The fourth-order valence-electron chi connectivity index (χ4n) is 1.31. The molecule has 0 fully saturated rings. The molecule has 0 aromatic carbocycles. The van der Waals surface area contributed by atoms with Gasteiger partial charge in [-0.3, -0.25) is 4.98 Å². The first kappa shape index (κ1) is 12.7. The molecule has 0 amide bonds. The molecule has 1 heterocycles. The van der Waals surface area contributed by atoms with E-state index in [4.69, 9.17) is 4.74 Å². The Morgan fingerprint density at radius 1 is 1.25 bits per heavy atom. The van der Waals surface area contributed by atoms with Crippen molar-refractivity contribution in [2.75, 3.05) is 30.3 Å². The number of hydrogen-bond acceptors (Lipinski definition) is 5. The number of hydrogen-bond donors (Lipinski definition) is 2. The van der Waals surface area contributed by atoms with Crippen molar-refractivity contribution in [2.45, 2.75) is 26.9 Å². The third-order valence-electron chi connectivity index (χ3n) is 2.01. The van der Waals surface area contributed by atoms with E-state index >= 15 is 0 Å². The van der Waals surface area contributed by atoms with Crippen LogP contribution in [0.4, 0.5) is 11.6 Å². The molecule has 1 atom stereocenters. The van der Waals surface area contributed by atoms with Crippen LogP contribution in [-0.4, -0.2) is 35.8 Å². The van der Waals surface area contributed by atoms with Gasteiger partial charge >= 0.3 is 0 Å². The lowest BCUT2D eigenvalue weighted by Gasteiger charge is -2.13. The van der Waals surface area contributed by atoms with Crippen LogP contribution in [0.1, 0.15) is 20.8 Å². The molecule has 0 spiro atoms. The van der Waals surface area contributed by atoms with Crippen LogP contribution in [-0.2, 0) is 4.74 Å². The summed E-state index contributed by atoms with van der Waals surface area (Å²) in [6, 6.07) is 0. The quantitative estimate of drug-likeness (QED) is 0.739. The largest absolute Gasteiger partial charge is 0.377 e. The van der Waals surface area contributed by atoms with E-state index in [0.29, 0.717) is 0 Å². The van der Waals surface area contributed by atoms with Gasteiger partial charge in [-0.25, -0.2) is 4.98 Å². The standard InChI is InChI=1S/C11H20N4O/c1-4-13-10-7-12-8-11(15-10)14-6-9(3)16-5-2/h7-9H,4-6H2,1-3H3,(H2,13,14,15). The smallest absolute Gasteiger partial charge is 0.147 e. The molecule has 16 heavy (non-hydrogen) atoms. The zero-order valence-electron chi connectivity index (χ0n) is 10.2. The molecule has 0 radical (unpaired) electrons. The summed E-state index contributed by atoms with van der Waals surface area (Å²) in [6.45, 7) is 8.34. The Bertz CT molecular complexity index is 306. The van der Waals surface area contributed by atoms with Crippen molar-refractivity contribution >= 4 is 11.6 Å². The molecule has 1 rings (SSSR count). The maximum Gasteiger partial charge on any atom is 0.147 e. The van der Waals surface area contributed by atoms with Crippen LogP contribution < -0.4 is 10.6 Å². The van der Waals surface area contributed by atoms with Gasteiger partial charge in [0.2, 0.25) is 0 Å². The van der Waals surface area contributed by atoms with Crippen LogP contribution in [0.2, 0.25) is 0 Å². The van der Waals surface area contributed by atoms with E-state index in [1.807, 2.05) is 20.8 Å². The Balaban J connectivity index is 2.44. The van der Waals surface area contributed by atoms with Crippen molar-refractivity contribution in [3.63, 3.8) is 0 Å². The van der Waals surface area contributed by atoms with Gasteiger partial charge in [-0.05, 0) is 20.8 Å². The van der Waals surface area contributed by atoms with Crippen molar-refractivity contribution in [3.05, 3.63) is 12.4 Å². The van der Waals surface area contributed by atoms with Gasteiger partial charge in [-0.15, -0.1) is 0 Å². The number of aromatic nitrogens is 2. The van der Waals surface area contributed by atoms with E-state index in [1.165, 1.54) is 0 Å². The van der Waals surface area contributed by atoms with Gasteiger partial charge in [0.25, 0.3) is 0 Å². The van der Waals surface area contributed by atoms with Gasteiger partial charge < -0.3 is 15.4 Å². The Morgan fingerprint density at radius 2 is 1.94 bits per heavy atom. The van der Waals surface area contributed by atoms with Gasteiger partial charge in [0.1, 0.15) is 11.6 Å². The van der Waals surface area contributed by atoms with Gasteiger partial charge in [-0.1, -0.05) is 0 Å². The van der Waals surface area contributed by atoms with E-state index in [0.717, 1.165) is 31.3 Å². The van der Waals surface area contributed by atoms with Crippen LogP contribution >= 0.6 is 0 Å². The third kappa shape index (κ3) is 4.44. The second kappa shape index (κ2) is 7.00. The molecule has 0 saturated heterocycles. The van der Waals surface area contributed by atoms with Crippen LogP contribution in [0.25, 0.3) is 0 Å². The first-order valence-corrected chi connectivity index (χ1v) is 5.67. The first-order valence-electron chi connectivity index (χ1n) is 5.67. The average molecular weight is 224 g/mol. The molecule has 1 unspecified atom stereocenters. The van der Waals surface area contributed by atoms with Gasteiger partial charge in [-0.2, -0.15) is 0 Å². The molecule has 2 N–H and O–H groups in total. The summed E-state index contributed by atoms with van der Waals surface area (Å²) in [5.74, 6) is 1.56. The maximum atomic E-state index is 5.41. The average Bonchev–Trinajstić information content (AvgIpc) is 2.28. The van der Waals surface area contributed by atoms with E-state index in [1.54, 1.807) is 12.4 Å². The van der Waals surface area contributed by atoms with E-state index in [2.05, 4.69) is 20.6 Å². The van der Waals surface area contributed by atoms with Crippen LogP contribution in [0.15, 0.2) is 12.4 Å². The van der Waals surface area contributed by atoms with Crippen molar-refractivity contribution in [1.82, 2.24) is 9.97 Å². The summed E-state index contributed by atoms with van der Waals surface area (Å²) in [5, 5.41) is 6.31. The maximum absolute atomic E-state index is 5.41. The Kier molecular flexibility index (Phi) is 5.56. The molecule has 0 bridgehead atoms. The SMILES string of the molecule is CCNc1cncc(NCC(C)OCC)n1. The molecular weight excluding hydrogens is 204 g/mol. The third-order valence-corrected chi connectivity index (χ3v) is 2.01. The molecular formula is C11H20N4O. The fourth-order valence-corrected chi connectivity index (χ4v) is 1.31. The van der Waals surface area contributed by atoms with Crippen molar-refractivity contribution < 1.29 is 4.74 Å². The summed E-state index contributed by atoms with van der Waals surface area (Å²) >= 11 is 0. The molecule has 5 heteroatoms. The number of nitrogens with one attached hydrogen (secondary N) is 2. The Morgan fingerprint density at radius 3 is 2.56 bits per heavy atom. The van der Waals surface area contributed by atoms with E-state index < -0.39 is 0 Å². The van der Waals surface area contributed by atoms with E-state index in [9.17, 15) is 0 Å². The minimum Gasteiger partial charge on any atom is -0.377 e. The highest BCUT2D eigenvalue weighted by Gasteiger charge is 2.02. The summed E-state index contributed by atoms with van der Waals surface area (Å²) in [4.78, 5) is 8.45. The molecule has 0 aliphatic heterocycles. The lowest BCUT2D eigenvalue weighted by molar-refractivity contribution is 0.0855. The number of rotatable bonds is 7. The highest BCUT2D eigenvalue weighted by atomic mass is 16.5. The van der Waals surface area contributed by atoms with Gasteiger partial charge in [0, 0.05) is 19.7 Å². The minimum atomic E-state index is 0.176. The second-order valence-electron chi connectivity index (χ2n) is 3.47. The molecule has 1 aromatic rings. The van der Waals surface area contributed by atoms with Gasteiger partial charge in [0.05, 0.1) is 18.5 Å². The molecule has 0 aliphatic rings. The second-order valence-corrected chi connectivity index (χ2v) is 3.47. The first-order chi connectivity index (χ1) is 7.76. The number of ether oxygens (including phenoxy) is 1. The molecule has 1 aromatic heterocycles. The Hall–Kier alpha value is -1.36.